The number of hydrogen-bond donors (Lipinski definition) is 4. The van der Waals surface area contributed by atoms with Crippen molar-refractivity contribution < 1.29 is 1.37 Å². The molecule has 3 atom stereocenters. The van der Waals surface area contributed by atoms with Crippen LogP contribution in [0, 0.1) is 28.6 Å². The highest BCUT2D eigenvalue weighted by Crippen LogP contribution is 2.51. The molecular formula is C32H36Cl2N8. The first kappa shape index (κ1) is 26.4. The number of nitrogens with zero attached hydrogens (tertiary/aromatic N) is 4. The molecule has 218 valence electrons. The third kappa shape index (κ3) is 5.35. The first-order chi connectivity index (χ1) is 20.5. The van der Waals surface area contributed by atoms with E-state index in [9.17, 15) is 6.63 Å². The van der Waals surface area contributed by atoms with Gasteiger partial charge in [-0.2, -0.15) is 5.26 Å². The van der Waals surface area contributed by atoms with Crippen LogP contribution in [-0.2, 0) is 0 Å². The lowest BCUT2D eigenvalue weighted by molar-refractivity contribution is 0.194. The molecular weight excluding hydrogens is 567 g/mol. The standard InChI is InChI=1S/C32H36Cl2N8/c1-32(2,3)17-37-28-19(12-35)13-36-30-23(28)10-21(11-26(30)34)38-29(18-4-6-20(33)7-5-18)27-16-42(40-39-27)31-24-14-41(15-25(24)31)22-8-9-22/h4-7,10-11,13,16,22,24-25,29,31,38-40H,8-9,14-15,17H2,1-3H3,(H,36,37)/t24?,25?,29-,31?/m1/s1/i29D. The molecule has 3 aromatic rings. The lowest BCUT2D eigenvalue weighted by Crippen LogP contribution is -2.42. The summed E-state index contributed by atoms with van der Waals surface area (Å²) in [5.41, 5.74) is 10.3. The molecule has 0 radical (unpaired) electrons. The number of hydrazine groups is 2. The molecule has 7 rings (SSSR count). The van der Waals surface area contributed by atoms with E-state index in [-0.39, 0.29) is 5.41 Å². The van der Waals surface area contributed by atoms with Gasteiger partial charge in [0.25, 0.3) is 0 Å². The number of likely N-dealkylation sites (tertiary alicyclic amines) is 1. The van der Waals surface area contributed by atoms with Crippen LogP contribution in [0.1, 0.15) is 52.1 Å². The molecule has 8 nitrogen and oxygen atoms in total. The largest absolute Gasteiger partial charge is 0.383 e. The lowest BCUT2D eigenvalue weighted by Gasteiger charge is -2.23. The topological polar surface area (TPSA) is 91.3 Å². The van der Waals surface area contributed by atoms with Crippen molar-refractivity contribution in [2.75, 3.05) is 30.3 Å². The summed E-state index contributed by atoms with van der Waals surface area (Å²) in [5.74, 6) is 1.29. The SMILES string of the molecule is [2H][C@](Nc1cc(Cl)c2ncc(C#N)c(NCC(C)(C)C)c2c1)(C1=CN(C2C3CN(C4CC4)CC32)NN1)c1ccc(Cl)cc1. The molecule has 3 fully saturated rings. The summed E-state index contributed by atoms with van der Waals surface area (Å²) >= 11 is 13.0. The Morgan fingerprint density at radius 3 is 2.57 bits per heavy atom. The van der Waals surface area contributed by atoms with Gasteiger partial charge in [0.2, 0.25) is 0 Å². The van der Waals surface area contributed by atoms with Crippen molar-refractivity contribution in [3.63, 3.8) is 0 Å². The van der Waals surface area contributed by atoms with Crippen LogP contribution in [0.15, 0.2) is 54.5 Å². The average molecular weight is 605 g/mol. The normalized spacial score (nSPS) is 25.2. The molecule has 2 aromatic carbocycles. The molecule has 2 aliphatic heterocycles. The Morgan fingerprint density at radius 1 is 1.17 bits per heavy atom. The monoisotopic (exact) mass is 603 g/mol. The summed E-state index contributed by atoms with van der Waals surface area (Å²) < 4.78 is 9.86. The number of nitrogens with one attached hydrogen (secondary N) is 4. The highest BCUT2D eigenvalue weighted by atomic mass is 35.5. The first-order valence-electron chi connectivity index (χ1n) is 15.1. The predicted octanol–water partition coefficient (Wildman–Crippen LogP) is 6.28. The van der Waals surface area contributed by atoms with Crippen molar-refractivity contribution >= 4 is 45.5 Å². The van der Waals surface area contributed by atoms with Gasteiger partial charge in [-0.1, -0.05) is 56.1 Å². The van der Waals surface area contributed by atoms with Crippen LogP contribution in [0.2, 0.25) is 10.0 Å². The fraction of sp³-hybridized carbons (Fsp3) is 0.438. The minimum atomic E-state index is -1.41. The zero-order valence-corrected chi connectivity index (χ0v) is 25.5. The van der Waals surface area contributed by atoms with E-state index in [0.717, 1.165) is 24.5 Å². The Morgan fingerprint density at radius 2 is 1.90 bits per heavy atom. The molecule has 0 amide bonds. The summed E-state index contributed by atoms with van der Waals surface area (Å²) in [5, 5.41) is 20.7. The van der Waals surface area contributed by atoms with Crippen LogP contribution >= 0.6 is 23.2 Å². The summed E-state index contributed by atoms with van der Waals surface area (Å²) in [7, 11) is 0. The quantitative estimate of drug-likeness (QED) is 0.239. The molecule has 3 heterocycles. The Labute approximate surface area is 258 Å². The highest BCUT2D eigenvalue weighted by Gasteiger charge is 2.60. The van der Waals surface area contributed by atoms with E-state index >= 15 is 0 Å². The second-order valence-electron chi connectivity index (χ2n) is 13.1. The molecule has 2 saturated carbocycles. The van der Waals surface area contributed by atoms with E-state index in [2.05, 4.69) is 63.3 Å². The van der Waals surface area contributed by atoms with Crippen LogP contribution in [0.25, 0.3) is 10.9 Å². The van der Waals surface area contributed by atoms with Crippen molar-refractivity contribution in [3.8, 4) is 6.07 Å². The van der Waals surface area contributed by atoms with Gasteiger partial charge in [0.15, 0.2) is 0 Å². The van der Waals surface area contributed by atoms with E-state index in [0.29, 0.717) is 68.2 Å². The second-order valence-corrected chi connectivity index (χ2v) is 14.0. The van der Waals surface area contributed by atoms with Crippen molar-refractivity contribution in [1.29, 1.82) is 5.26 Å². The molecule has 10 heteroatoms. The molecule has 0 spiro atoms. The Kier molecular flexibility index (Phi) is 6.60. The zero-order chi connectivity index (χ0) is 30.1. The second kappa shape index (κ2) is 10.5. The maximum Gasteiger partial charge on any atom is 0.103 e. The van der Waals surface area contributed by atoms with Crippen molar-refractivity contribution in [1.82, 2.24) is 25.9 Å². The van der Waals surface area contributed by atoms with E-state index in [1.165, 1.54) is 12.8 Å². The summed E-state index contributed by atoms with van der Waals surface area (Å²) in [6.07, 6.45) is 6.26. The number of halogens is 2. The molecule has 1 aromatic heterocycles. The molecule has 2 unspecified atom stereocenters. The van der Waals surface area contributed by atoms with E-state index in [4.69, 9.17) is 23.2 Å². The number of rotatable bonds is 8. The Hall–Kier alpha value is -3.22. The predicted molar refractivity (Wildman–Crippen MR) is 169 cm³/mol. The average Bonchev–Trinajstić information content (AvgIpc) is 3.82. The minimum Gasteiger partial charge on any atom is -0.383 e. The zero-order valence-electron chi connectivity index (χ0n) is 25.0. The molecule has 42 heavy (non-hydrogen) atoms. The van der Waals surface area contributed by atoms with Crippen molar-refractivity contribution in [3.05, 3.63) is 75.7 Å². The van der Waals surface area contributed by atoms with Gasteiger partial charge in [-0.15, -0.1) is 5.53 Å². The highest BCUT2D eigenvalue weighted by molar-refractivity contribution is 6.36. The Bertz CT molecular complexity index is 1630. The summed E-state index contributed by atoms with van der Waals surface area (Å²) in [4.78, 5) is 7.14. The van der Waals surface area contributed by atoms with Crippen LogP contribution in [0.3, 0.4) is 0 Å². The number of piperidine rings is 1. The number of pyridine rings is 1. The van der Waals surface area contributed by atoms with Gasteiger partial charge in [-0.3, -0.25) is 14.9 Å². The number of fused-ring (bicyclic) bond motifs is 2. The number of anilines is 2. The molecule has 1 saturated heterocycles. The minimum absolute atomic E-state index is 0.0113. The number of hydrogen-bond acceptors (Lipinski definition) is 8. The first-order valence-corrected chi connectivity index (χ1v) is 15.4. The summed E-state index contributed by atoms with van der Waals surface area (Å²) in [6.45, 7) is 9.36. The van der Waals surface area contributed by atoms with Gasteiger partial charge >= 0.3 is 0 Å². The van der Waals surface area contributed by atoms with Gasteiger partial charge in [0.1, 0.15) is 6.07 Å². The van der Waals surface area contributed by atoms with Gasteiger partial charge < -0.3 is 16.1 Å². The Balaban J connectivity index is 1.23. The summed E-state index contributed by atoms with van der Waals surface area (Å²) in [6, 6.07) is 13.1. The maximum absolute atomic E-state index is 9.88. The van der Waals surface area contributed by atoms with Crippen LogP contribution in [-0.4, -0.2) is 46.6 Å². The third-order valence-electron chi connectivity index (χ3n) is 8.66. The smallest absolute Gasteiger partial charge is 0.103 e. The lowest BCUT2D eigenvalue weighted by atomic mass is 9.96. The van der Waals surface area contributed by atoms with E-state index in [1.807, 2.05) is 24.4 Å². The van der Waals surface area contributed by atoms with Gasteiger partial charge in [-0.05, 0) is 59.9 Å². The van der Waals surface area contributed by atoms with Crippen LogP contribution < -0.4 is 21.6 Å². The molecule has 0 bridgehead atoms. The fourth-order valence-electron chi connectivity index (χ4n) is 6.31. The van der Waals surface area contributed by atoms with Crippen LogP contribution in [0.4, 0.5) is 11.4 Å². The van der Waals surface area contributed by atoms with Gasteiger partial charge in [-0.25, -0.2) is 0 Å². The molecule has 4 aliphatic rings. The third-order valence-corrected chi connectivity index (χ3v) is 9.20. The molecule has 2 aliphatic carbocycles. The number of aromatic nitrogens is 1. The molecule has 4 N–H and O–H groups in total. The van der Waals surface area contributed by atoms with Crippen LogP contribution in [0.5, 0.6) is 0 Å². The number of benzene rings is 2. The van der Waals surface area contributed by atoms with Crippen molar-refractivity contribution in [2.45, 2.75) is 51.7 Å². The van der Waals surface area contributed by atoms with Gasteiger partial charge in [0.05, 0.1) is 40.9 Å². The van der Waals surface area contributed by atoms with Crippen molar-refractivity contribution in [2.24, 2.45) is 17.3 Å². The fourth-order valence-corrected chi connectivity index (χ4v) is 6.70. The number of nitriles is 1. The maximum atomic E-state index is 9.88. The van der Waals surface area contributed by atoms with Gasteiger partial charge in [0, 0.05) is 54.2 Å². The van der Waals surface area contributed by atoms with E-state index in [1.54, 1.807) is 24.4 Å². The van der Waals surface area contributed by atoms with E-state index < -0.39 is 6.02 Å².